The molecule has 156 valence electrons. The Morgan fingerprint density at radius 1 is 1.14 bits per heavy atom. The summed E-state index contributed by atoms with van der Waals surface area (Å²) < 4.78 is 32.0. The molecule has 3 atom stereocenters. The molecule has 0 radical (unpaired) electrons. The summed E-state index contributed by atoms with van der Waals surface area (Å²) in [6.07, 6.45) is 4.52. The van der Waals surface area contributed by atoms with Gasteiger partial charge in [0.25, 0.3) is 0 Å². The van der Waals surface area contributed by atoms with Crippen LogP contribution in [0.4, 0.5) is 0 Å². The first-order valence-corrected chi connectivity index (χ1v) is 11.8. The van der Waals surface area contributed by atoms with E-state index in [9.17, 15) is 13.2 Å². The molecule has 1 heterocycles. The molecule has 1 aliphatic heterocycles. The van der Waals surface area contributed by atoms with E-state index in [0.717, 1.165) is 12.0 Å². The first kappa shape index (κ1) is 21.3. The van der Waals surface area contributed by atoms with Crippen molar-refractivity contribution < 1.29 is 17.9 Å². The molecule has 2 fully saturated rings. The first-order chi connectivity index (χ1) is 13.4. The molecule has 3 rings (SSSR count). The minimum Gasteiger partial charge on any atom is -0.379 e. The van der Waals surface area contributed by atoms with Crippen molar-refractivity contribution in [1.82, 2.24) is 9.62 Å². The maximum Gasteiger partial charge on any atom is 0.243 e. The molecule has 0 unspecified atom stereocenters. The van der Waals surface area contributed by atoms with Crippen LogP contribution in [0.3, 0.4) is 0 Å². The van der Waals surface area contributed by atoms with E-state index >= 15 is 0 Å². The molecular weight excluding hydrogens is 376 g/mol. The van der Waals surface area contributed by atoms with E-state index in [0.29, 0.717) is 55.9 Å². The molecule has 1 aromatic carbocycles. The molecule has 0 aromatic heterocycles. The third-order valence-corrected chi connectivity index (χ3v) is 8.14. The Balaban J connectivity index is 1.52. The molecule has 28 heavy (non-hydrogen) atoms. The van der Waals surface area contributed by atoms with Crippen molar-refractivity contribution in [2.24, 2.45) is 11.8 Å². The number of sulfonamides is 1. The fraction of sp³-hybridized carbons (Fsp3) is 0.667. The largest absolute Gasteiger partial charge is 0.379 e. The summed E-state index contributed by atoms with van der Waals surface area (Å²) in [5.74, 6) is 1.25. The van der Waals surface area contributed by atoms with Crippen molar-refractivity contribution in [3.63, 3.8) is 0 Å². The average molecular weight is 409 g/mol. The average Bonchev–Trinajstić information content (AvgIpc) is 2.71. The predicted molar refractivity (Wildman–Crippen MR) is 108 cm³/mol. The van der Waals surface area contributed by atoms with Gasteiger partial charge in [-0.1, -0.05) is 38.8 Å². The Morgan fingerprint density at radius 3 is 2.50 bits per heavy atom. The second-order valence-electron chi connectivity index (χ2n) is 8.10. The first-order valence-electron chi connectivity index (χ1n) is 10.3. The smallest absolute Gasteiger partial charge is 0.243 e. The number of rotatable bonds is 6. The maximum absolute atomic E-state index is 12.6. The van der Waals surface area contributed by atoms with Crippen LogP contribution in [0.15, 0.2) is 29.2 Å². The zero-order valence-electron chi connectivity index (χ0n) is 16.9. The number of hydrogen-bond acceptors (Lipinski definition) is 4. The van der Waals surface area contributed by atoms with Gasteiger partial charge in [0.2, 0.25) is 15.9 Å². The third kappa shape index (κ3) is 5.13. The quantitative estimate of drug-likeness (QED) is 0.785. The molecule has 1 amide bonds. The van der Waals surface area contributed by atoms with Crippen molar-refractivity contribution in [3.05, 3.63) is 29.8 Å². The SMILES string of the molecule is C[C@H]1[C@H](C)CCC[C@H]1NC(=O)CCc1ccc(S(=O)(=O)N2CCOCC2)cc1. The van der Waals surface area contributed by atoms with Crippen molar-refractivity contribution in [1.29, 1.82) is 0 Å². The number of carbonyl (C=O) groups is 1. The summed E-state index contributed by atoms with van der Waals surface area (Å²) in [5, 5.41) is 3.19. The van der Waals surface area contributed by atoms with Crippen LogP contribution in [0.1, 0.15) is 45.1 Å². The molecule has 0 spiro atoms. The summed E-state index contributed by atoms with van der Waals surface area (Å²) in [6, 6.07) is 7.18. The maximum atomic E-state index is 12.6. The molecule has 1 N–H and O–H groups in total. The highest BCUT2D eigenvalue weighted by atomic mass is 32.2. The summed E-state index contributed by atoms with van der Waals surface area (Å²) >= 11 is 0. The molecular formula is C21H32N2O4S. The van der Waals surface area contributed by atoms with Crippen LogP contribution in [0.25, 0.3) is 0 Å². The van der Waals surface area contributed by atoms with E-state index in [1.807, 2.05) is 12.1 Å². The molecule has 1 aromatic rings. The van der Waals surface area contributed by atoms with Crippen LogP contribution < -0.4 is 5.32 Å². The number of ether oxygens (including phenoxy) is 1. The van der Waals surface area contributed by atoms with Gasteiger partial charge in [-0.2, -0.15) is 4.31 Å². The number of nitrogens with one attached hydrogen (secondary N) is 1. The zero-order chi connectivity index (χ0) is 20.1. The lowest BCUT2D eigenvalue weighted by atomic mass is 9.78. The molecule has 0 bridgehead atoms. The molecule has 2 aliphatic rings. The summed E-state index contributed by atoms with van der Waals surface area (Å²) in [4.78, 5) is 12.6. The predicted octanol–water partition coefficient (Wildman–Crippen LogP) is 2.58. The normalized spacial score (nSPS) is 26.7. The fourth-order valence-corrected chi connectivity index (χ4v) is 5.49. The van der Waals surface area contributed by atoms with E-state index in [2.05, 4.69) is 19.2 Å². The van der Waals surface area contributed by atoms with Gasteiger partial charge in [0.05, 0.1) is 18.1 Å². The number of carbonyl (C=O) groups excluding carboxylic acids is 1. The van der Waals surface area contributed by atoms with E-state index in [1.54, 1.807) is 12.1 Å². The number of amides is 1. The number of benzene rings is 1. The van der Waals surface area contributed by atoms with Crippen LogP contribution in [-0.4, -0.2) is 51.0 Å². The molecule has 1 saturated carbocycles. The van der Waals surface area contributed by atoms with Crippen molar-refractivity contribution >= 4 is 15.9 Å². The minimum atomic E-state index is -3.47. The van der Waals surface area contributed by atoms with Gasteiger partial charge in [-0.05, 0) is 42.4 Å². The Hall–Kier alpha value is -1.44. The highest BCUT2D eigenvalue weighted by Crippen LogP contribution is 2.29. The van der Waals surface area contributed by atoms with Gasteiger partial charge in [0.15, 0.2) is 0 Å². The van der Waals surface area contributed by atoms with Gasteiger partial charge in [-0.25, -0.2) is 8.42 Å². The highest BCUT2D eigenvalue weighted by molar-refractivity contribution is 7.89. The number of hydrogen-bond donors (Lipinski definition) is 1. The van der Waals surface area contributed by atoms with Gasteiger partial charge in [0.1, 0.15) is 0 Å². The van der Waals surface area contributed by atoms with Crippen LogP contribution >= 0.6 is 0 Å². The third-order valence-electron chi connectivity index (χ3n) is 6.23. The van der Waals surface area contributed by atoms with Crippen LogP contribution in [0, 0.1) is 11.8 Å². The fourth-order valence-electron chi connectivity index (χ4n) is 4.09. The Labute approximate surface area is 168 Å². The van der Waals surface area contributed by atoms with Gasteiger partial charge < -0.3 is 10.1 Å². The Kier molecular flexibility index (Phi) is 7.12. The Bertz CT molecular complexity index is 757. The number of nitrogens with zero attached hydrogens (tertiary/aromatic N) is 1. The van der Waals surface area contributed by atoms with Gasteiger partial charge >= 0.3 is 0 Å². The zero-order valence-corrected chi connectivity index (χ0v) is 17.7. The van der Waals surface area contributed by atoms with E-state index < -0.39 is 10.0 Å². The van der Waals surface area contributed by atoms with Gasteiger partial charge in [0, 0.05) is 25.6 Å². The van der Waals surface area contributed by atoms with E-state index in [4.69, 9.17) is 4.74 Å². The minimum absolute atomic E-state index is 0.0796. The lowest BCUT2D eigenvalue weighted by molar-refractivity contribution is -0.122. The van der Waals surface area contributed by atoms with E-state index in [-0.39, 0.29) is 11.9 Å². The lowest BCUT2D eigenvalue weighted by Gasteiger charge is -2.34. The number of aryl methyl sites for hydroxylation is 1. The molecule has 6 nitrogen and oxygen atoms in total. The highest BCUT2D eigenvalue weighted by Gasteiger charge is 2.28. The second-order valence-corrected chi connectivity index (χ2v) is 10.0. The topological polar surface area (TPSA) is 75.7 Å². The van der Waals surface area contributed by atoms with Crippen LogP contribution in [0.2, 0.25) is 0 Å². The van der Waals surface area contributed by atoms with E-state index in [1.165, 1.54) is 17.1 Å². The molecule has 7 heteroatoms. The van der Waals surface area contributed by atoms with Crippen molar-refractivity contribution in [2.75, 3.05) is 26.3 Å². The summed E-state index contributed by atoms with van der Waals surface area (Å²) in [6.45, 7) is 6.14. The molecule has 1 saturated heterocycles. The van der Waals surface area contributed by atoms with Crippen molar-refractivity contribution in [2.45, 2.75) is 56.9 Å². The number of morpholine rings is 1. The summed E-state index contributed by atoms with van der Waals surface area (Å²) in [7, 11) is -3.47. The monoisotopic (exact) mass is 408 g/mol. The van der Waals surface area contributed by atoms with Crippen LogP contribution in [0.5, 0.6) is 0 Å². The second kappa shape index (κ2) is 9.37. The standard InChI is InChI=1S/C21H32N2O4S/c1-16-4-3-5-20(17(16)2)22-21(24)11-8-18-6-9-19(10-7-18)28(25,26)23-12-14-27-15-13-23/h6-7,9-10,16-17,20H,3-5,8,11-15H2,1-2H3,(H,22,24)/t16-,17+,20-/m1/s1. The Morgan fingerprint density at radius 2 is 1.82 bits per heavy atom. The van der Waals surface area contributed by atoms with Gasteiger partial charge in [-0.3, -0.25) is 4.79 Å². The summed E-state index contributed by atoms with van der Waals surface area (Å²) in [5.41, 5.74) is 0.973. The molecule has 1 aliphatic carbocycles. The van der Waals surface area contributed by atoms with Crippen molar-refractivity contribution in [3.8, 4) is 0 Å². The lowest BCUT2D eigenvalue weighted by Crippen LogP contribution is -2.43. The van der Waals surface area contributed by atoms with Gasteiger partial charge in [-0.15, -0.1) is 0 Å². The van der Waals surface area contributed by atoms with Crippen LogP contribution in [-0.2, 0) is 26.0 Å².